The zero-order chi connectivity index (χ0) is 13.3. The van der Waals surface area contributed by atoms with E-state index in [1.54, 1.807) is 6.92 Å². The van der Waals surface area contributed by atoms with Gasteiger partial charge in [0, 0.05) is 12.1 Å². The molecule has 0 spiro atoms. The summed E-state index contributed by atoms with van der Waals surface area (Å²) in [5.41, 5.74) is 0.902. The first-order valence-corrected chi connectivity index (χ1v) is 6.36. The number of nitrogens with zero attached hydrogens (tertiary/aromatic N) is 1. The molecule has 0 bridgehead atoms. The van der Waals surface area contributed by atoms with E-state index in [1.807, 2.05) is 13.8 Å². The quantitative estimate of drug-likeness (QED) is 0.850. The van der Waals surface area contributed by atoms with Gasteiger partial charge in [-0.2, -0.15) is 0 Å². The van der Waals surface area contributed by atoms with Gasteiger partial charge in [-0.1, -0.05) is 5.16 Å². The first-order chi connectivity index (χ1) is 8.43. The highest BCUT2D eigenvalue weighted by Crippen LogP contribution is 2.31. The fourth-order valence-electron chi connectivity index (χ4n) is 2.41. The number of amides is 1. The number of aromatic nitrogens is 1. The number of rotatable bonds is 4. The van der Waals surface area contributed by atoms with Crippen LogP contribution < -0.4 is 5.32 Å². The zero-order valence-corrected chi connectivity index (χ0v) is 11.1. The van der Waals surface area contributed by atoms with Gasteiger partial charge >= 0.3 is 0 Å². The zero-order valence-electron chi connectivity index (χ0n) is 11.1. The number of hydrogen-bond acceptors (Lipinski definition) is 4. The molecule has 18 heavy (non-hydrogen) atoms. The Kier molecular flexibility index (Phi) is 3.43. The van der Waals surface area contributed by atoms with Gasteiger partial charge < -0.3 is 14.9 Å². The second-order valence-corrected chi connectivity index (χ2v) is 5.26. The van der Waals surface area contributed by atoms with E-state index in [0.717, 1.165) is 30.5 Å². The molecule has 1 unspecified atom stereocenters. The van der Waals surface area contributed by atoms with Crippen LogP contribution >= 0.6 is 0 Å². The standard InChI is InChI=1S/C13H20N2O3/c1-8(11-9(2)15-18-10(11)3)12(16)14-7-13(17)5-4-6-13/h8,17H,4-7H2,1-3H3,(H,14,16). The summed E-state index contributed by atoms with van der Waals surface area (Å²) in [6, 6.07) is 0. The molecule has 0 aromatic carbocycles. The SMILES string of the molecule is Cc1noc(C)c1C(C)C(=O)NCC1(O)CCC1. The second-order valence-electron chi connectivity index (χ2n) is 5.26. The van der Waals surface area contributed by atoms with E-state index in [1.165, 1.54) is 0 Å². The van der Waals surface area contributed by atoms with E-state index in [0.29, 0.717) is 12.3 Å². The summed E-state index contributed by atoms with van der Waals surface area (Å²) in [7, 11) is 0. The highest BCUT2D eigenvalue weighted by atomic mass is 16.5. The van der Waals surface area contributed by atoms with Crippen LogP contribution in [0, 0.1) is 13.8 Å². The van der Waals surface area contributed by atoms with E-state index < -0.39 is 5.60 Å². The fraction of sp³-hybridized carbons (Fsp3) is 0.692. The maximum Gasteiger partial charge on any atom is 0.227 e. The number of carbonyl (C=O) groups excluding carboxylic acids is 1. The second kappa shape index (κ2) is 4.72. The third kappa shape index (κ3) is 2.41. The number of nitrogens with one attached hydrogen (secondary N) is 1. The largest absolute Gasteiger partial charge is 0.388 e. The van der Waals surface area contributed by atoms with Crippen molar-refractivity contribution in [1.82, 2.24) is 10.5 Å². The molecule has 2 rings (SSSR count). The lowest BCUT2D eigenvalue weighted by molar-refractivity contribution is -0.124. The van der Waals surface area contributed by atoms with Crippen molar-refractivity contribution in [3.05, 3.63) is 17.0 Å². The molecule has 1 aromatic rings. The summed E-state index contributed by atoms with van der Waals surface area (Å²) in [6.45, 7) is 5.79. The predicted octanol–water partition coefficient (Wildman–Crippen LogP) is 1.43. The fourth-order valence-corrected chi connectivity index (χ4v) is 2.41. The highest BCUT2D eigenvalue weighted by Gasteiger charge is 2.35. The molecule has 5 heteroatoms. The van der Waals surface area contributed by atoms with Crippen LogP contribution in [0.15, 0.2) is 4.52 Å². The van der Waals surface area contributed by atoms with Crippen LogP contribution in [-0.4, -0.2) is 28.3 Å². The van der Waals surface area contributed by atoms with Crippen molar-refractivity contribution >= 4 is 5.91 Å². The van der Waals surface area contributed by atoms with E-state index >= 15 is 0 Å². The molecule has 2 N–H and O–H groups in total. The molecule has 1 heterocycles. The van der Waals surface area contributed by atoms with E-state index in [2.05, 4.69) is 10.5 Å². The Morgan fingerprint density at radius 2 is 2.22 bits per heavy atom. The number of aryl methyl sites for hydroxylation is 2. The van der Waals surface area contributed by atoms with Crippen LogP contribution in [0.3, 0.4) is 0 Å². The lowest BCUT2D eigenvalue weighted by atomic mass is 9.80. The maximum absolute atomic E-state index is 12.0. The predicted molar refractivity (Wildman–Crippen MR) is 66.2 cm³/mol. The van der Waals surface area contributed by atoms with Crippen molar-refractivity contribution in [2.45, 2.75) is 51.6 Å². The molecule has 1 atom stereocenters. The van der Waals surface area contributed by atoms with Gasteiger partial charge in [0.15, 0.2) is 0 Å². The molecule has 1 aromatic heterocycles. The lowest BCUT2D eigenvalue weighted by Gasteiger charge is -2.36. The first-order valence-electron chi connectivity index (χ1n) is 6.36. The minimum atomic E-state index is -0.686. The highest BCUT2D eigenvalue weighted by molar-refractivity contribution is 5.83. The monoisotopic (exact) mass is 252 g/mol. The lowest BCUT2D eigenvalue weighted by Crippen LogP contribution is -2.48. The van der Waals surface area contributed by atoms with Crippen molar-refractivity contribution in [2.24, 2.45) is 0 Å². The van der Waals surface area contributed by atoms with Crippen LogP contribution in [0.1, 0.15) is 49.1 Å². The Bertz CT molecular complexity index is 430. The molecule has 1 aliphatic carbocycles. The van der Waals surface area contributed by atoms with Gasteiger partial charge in [-0.3, -0.25) is 4.79 Å². The molecule has 1 aliphatic rings. The molecular weight excluding hydrogens is 232 g/mol. The molecular formula is C13H20N2O3. The van der Waals surface area contributed by atoms with Gasteiger partial charge in [0.1, 0.15) is 5.76 Å². The summed E-state index contributed by atoms with van der Waals surface area (Å²) in [4.78, 5) is 12.0. The topological polar surface area (TPSA) is 75.4 Å². The van der Waals surface area contributed by atoms with Gasteiger partial charge in [-0.05, 0) is 40.0 Å². The summed E-state index contributed by atoms with van der Waals surface area (Å²) in [5.74, 6) is 0.280. The van der Waals surface area contributed by atoms with Gasteiger partial charge in [-0.15, -0.1) is 0 Å². The first kappa shape index (κ1) is 13.1. The molecule has 100 valence electrons. The Hall–Kier alpha value is -1.36. The average molecular weight is 252 g/mol. The Morgan fingerprint density at radius 1 is 1.56 bits per heavy atom. The van der Waals surface area contributed by atoms with Gasteiger partial charge in [0.05, 0.1) is 17.2 Å². The van der Waals surface area contributed by atoms with Crippen LogP contribution in [0.5, 0.6) is 0 Å². The third-order valence-corrected chi connectivity index (χ3v) is 3.79. The maximum atomic E-state index is 12.0. The van der Waals surface area contributed by atoms with Crippen molar-refractivity contribution in [3.8, 4) is 0 Å². The average Bonchev–Trinajstić information content (AvgIpc) is 2.62. The molecule has 0 radical (unpaired) electrons. The number of aliphatic hydroxyl groups is 1. The van der Waals surface area contributed by atoms with Crippen molar-refractivity contribution in [1.29, 1.82) is 0 Å². The smallest absolute Gasteiger partial charge is 0.227 e. The Labute approximate surface area is 107 Å². The third-order valence-electron chi connectivity index (χ3n) is 3.79. The van der Waals surface area contributed by atoms with Crippen molar-refractivity contribution in [3.63, 3.8) is 0 Å². The molecule has 0 aliphatic heterocycles. The summed E-state index contributed by atoms with van der Waals surface area (Å²) < 4.78 is 5.06. The van der Waals surface area contributed by atoms with Crippen LogP contribution in [-0.2, 0) is 4.79 Å². The summed E-state index contributed by atoms with van der Waals surface area (Å²) in [6.07, 6.45) is 2.58. The van der Waals surface area contributed by atoms with Gasteiger partial charge in [-0.25, -0.2) is 0 Å². The minimum absolute atomic E-state index is 0.0928. The van der Waals surface area contributed by atoms with Gasteiger partial charge in [0.25, 0.3) is 0 Å². The normalized spacial score (nSPS) is 19.1. The molecule has 5 nitrogen and oxygen atoms in total. The van der Waals surface area contributed by atoms with Crippen LogP contribution in [0.4, 0.5) is 0 Å². The molecule has 1 saturated carbocycles. The molecule has 1 amide bonds. The minimum Gasteiger partial charge on any atom is -0.388 e. The Morgan fingerprint density at radius 3 is 2.67 bits per heavy atom. The van der Waals surface area contributed by atoms with E-state index in [4.69, 9.17) is 4.52 Å². The Balaban J connectivity index is 1.96. The number of hydrogen-bond donors (Lipinski definition) is 2. The van der Waals surface area contributed by atoms with Crippen molar-refractivity contribution < 1.29 is 14.4 Å². The molecule has 1 fully saturated rings. The summed E-state index contributed by atoms with van der Waals surface area (Å²) >= 11 is 0. The molecule has 0 saturated heterocycles. The van der Waals surface area contributed by atoms with Crippen LogP contribution in [0.2, 0.25) is 0 Å². The summed E-state index contributed by atoms with van der Waals surface area (Å²) in [5, 5.41) is 16.6. The van der Waals surface area contributed by atoms with Crippen LogP contribution in [0.25, 0.3) is 0 Å². The van der Waals surface area contributed by atoms with E-state index in [-0.39, 0.29) is 11.8 Å². The van der Waals surface area contributed by atoms with E-state index in [9.17, 15) is 9.90 Å². The van der Waals surface area contributed by atoms with Gasteiger partial charge in [0.2, 0.25) is 5.91 Å². The number of carbonyl (C=O) groups is 1. The van der Waals surface area contributed by atoms with Crippen molar-refractivity contribution in [2.75, 3.05) is 6.54 Å².